The third kappa shape index (κ3) is 4.99. The van der Waals surface area contributed by atoms with Crippen molar-refractivity contribution < 1.29 is 27.4 Å². The van der Waals surface area contributed by atoms with Crippen molar-refractivity contribution in [2.24, 2.45) is 0 Å². The van der Waals surface area contributed by atoms with E-state index in [0.717, 1.165) is 32.1 Å². The highest BCUT2D eigenvalue weighted by molar-refractivity contribution is 7.89. The molecule has 0 spiro atoms. The number of methoxy groups -OCH3 is 3. The van der Waals surface area contributed by atoms with E-state index in [4.69, 9.17) is 14.2 Å². The summed E-state index contributed by atoms with van der Waals surface area (Å²) in [6, 6.07) is 9.23. The zero-order chi connectivity index (χ0) is 23.3. The minimum Gasteiger partial charge on any atom is -0.493 e. The quantitative estimate of drug-likeness (QED) is 0.639. The van der Waals surface area contributed by atoms with Gasteiger partial charge >= 0.3 is 0 Å². The van der Waals surface area contributed by atoms with Crippen molar-refractivity contribution in [2.45, 2.75) is 43.0 Å². The molecule has 0 radical (unpaired) electrons. The molecule has 1 saturated carbocycles. The molecule has 0 heterocycles. The van der Waals surface area contributed by atoms with Crippen molar-refractivity contribution >= 4 is 21.6 Å². The van der Waals surface area contributed by atoms with E-state index >= 15 is 0 Å². The molecular formula is C23H30N2O6S. The van der Waals surface area contributed by atoms with Gasteiger partial charge in [-0.15, -0.1) is 0 Å². The lowest BCUT2D eigenvalue weighted by Crippen LogP contribution is -2.38. The van der Waals surface area contributed by atoms with E-state index in [0.29, 0.717) is 28.5 Å². The topological polar surface area (TPSA) is 94.2 Å². The third-order valence-electron chi connectivity index (χ3n) is 5.81. The third-order valence-corrected chi connectivity index (χ3v) is 7.73. The molecule has 0 atom stereocenters. The summed E-state index contributed by atoms with van der Waals surface area (Å²) in [4.78, 5) is 12.9. The Labute approximate surface area is 189 Å². The van der Waals surface area contributed by atoms with Crippen molar-refractivity contribution in [2.75, 3.05) is 33.7 Å². The first-order valence-corrected chi connectivity index (χ1v) is 11.9. The second-order valence-electron chi connectivity index (χ2n) is 7.71. The van der Waals surface area contributed by atoms with Crippen LogP contribution in [0.15, 0.2) is 41.3 Å². The standard InChI is InChI=1S/C23H30N2O6S/c1-25(18-8-6-5-7-9-18)32(27,28)19-12-10-16(11-13-19)23(26)24-17-14-20(29-2)22(31-4)21(15-17)30-3/h10-15,18H,5-9H2,1-4H3,(H,24,26). The van der Waals surface area contributed by atoms with Crippen LogP contribution >= 0.6 is 0 Å². The van der Waals surface area contributed by atoms with Gasteiger partial charge < -0.3 is 19.5 Å². The number of sulfonamides is 1. The minimum atomic E-state index is -3.61. The van der Waals surface area contributed by atoms with Crippen LogP contribution in [0.25, 0.3) is 0 Å². The molecule has 174 valence electrons. The van der Waals surface area contributed by atoms with E-state index in [9.17, 15) is 13.2 Å². The number of carbonyl (C=O) groups excluding carboxylic acids is 1. The van der Waals surface area contributed by atoms with Crippen molar-refractivity contribution in [3.63, 3.8) is 0 Å². The van der Waals surface area contributed by atoms with Crippen LogP contribution in [0.4, 0.5) is 5.69 Å². The van der Waals surface area contributed by atoms with Gasteiger partial charge in [0.05, 0.1) is 26.2 Å². The number of carbonyl (C=O) groups is 1. The molecule has 1 amide bonds. The van der Waals surface area contributed by atoms with Gasteiger partial charge in [0.15, 0.2) is 11.5 Å². The molecule has 2 aromatic carbocycles. The van der Waals surface area contributed by atoms with Gasteiger partial charge in [-0.1, -0.05) is 19.3 Å². The van der Waals surface area contributed by atoms with Gasteiger partial charge in [-0.3, -0.25) is 4.79 Å². The van der Waals surface area contributed by atoms with E-state index in [-0.39, 0.29) is 16.8 Å². The summed E-state index contributed by atoms with van der Waals surface area (Å²) in [5.74, 6) is 0.859. The molecule has 0 saturated heterocycles. The summed E-state index contributed by atoms with van der Waals surface area (Å²) < 4.78 is 43.3. The normalized spacial score (nSPS) is 14.8. The maximum absolute atomic E-state index is 13.0. The lowest BCUT2D eigenvalue weighted by molar-refractivity contribution is 0.102. The molecule has 0 bridgehead atoms. The van der Waals surface area contributed by atoms with Crippen LogP contribution in [-0.4, -0.2) is 53.0 Å². The van der Waals surface area contributed by atoms with Crippen molar-refractivity contribution in [3.8, 4) is 17.2 Å². The van der Waals surface area contributed by atoms with Crippen molar-refractivity contribution in [1.82, 2.24) is 4.31 Å². The molecule has 1 fully saturated rings. The molecule has 1 N–H and O–H groups in total. The summed E-state index contributed by atoms with van der Waals surface area (Å²) in [7, 11) is 2.51. The predicted molar refractivity (Wildman–Crippen MR) is 122 cm³/mol. The minimum absolute atomic E-state index is 0.0248. The Morgan fingerprint density at radius 3 is 2.00 bits per heavy atom. The molecule has 0 aromatic heterocycles. The summed E-state index contributed by atoms with van der Waals surface area (Å²) in [5, 5.41) is 2.78. The Bertz CT molecular complexity index is 1020. The maximum atomic E-state index is 13.0. The van der Waals surface area contributed by atoms with E-state index in [1.165, 1.54) is 49.9 Å². The van der Waals surface area contributed by atoms with Gasteiger partial charge in [-0.05, 0) is 37.1 Å². The lowest BCUT2D eigenvalue weighted by Gasteiger charge is -2.30. The average molecular weight is 463 g/mol. The number of amides is 1. The van der Waals surface area contributed by atoms with Crippen LogP contribution in [0.3, 0.4) is 0 Å². The highest BCUT2D eigenvalue weighted by atomic mass is 32.2. The highest BCUT2D eigenvalue weighted by Crippen LogP contribution is 2.40. The van der Waals surface area contributed by atoms with Gasteiger partial charge in [0.1, 0.15) is 0 Å². The number of hydrogen-bond donors (Lipinski definition) is 1. The number of nitrogens with zero attached hydrogens (tertiary/aromatic N) is 1. The van der Waals surface area contributed by atoms with Crippen LogP contribution in [-0.2, 0) is 10.0 Å². The maximum Gasteiger partial charge on any atom is 0.255 e. The molecule has 9 heteroatoms. The average Bonchev–Trinajstić information content (AvgIpc) is 2.83. The Morgan fingerprint density at radius 2 is 1.50 bits per heavy atom. The summed E-state index contributed by atoms with van der Waals surface area (Å²) >= 11 is 0. The highest BCUT2D eigenvalue weighted by Gasteiger charge is 2.29. The fourth-order valence-electron chi connectivity index (χ4n) is 3.94. The van der Waals surface area contributed by atoms with Crippen LogP contribution in [0.5, 0.6) is 17.2 Å². The monoisotopic (exact) mass is 462 g/mol. The zero-order valence-electron chi connectivity index (χ0n) is 18.9. The molecule has 8 nitrogen and oxygen atoms in total. The molecule has 1 aliphatic carbocycles. The summed E-state index contributed by atoms with van der Waals surface area (Å²) in [5.41, 5.74) is 0.788. The first kappa shape index (κ1) is 23.9. The first-order valence-electron chi connectivity index (χ1n) is 10.5. The number of ether oxygens (including phenoxy) is 3. The molecule has 2 aromatic rings. The molecule has 32 heavy (non-hydrogen) atoms. The SMILES string of the molecule is COc1cc(NC(=O)c2ccc(S(=O)(=O)N(C)C3CCCCC3)cc2)cc(OC)c1OC. The van der Waals surface area contributed by atoms with E-state index in [1.807, 2.05) is 0 Å². The Morgan fingerprint density at radius 1 is 0.938 bits per heavy atom. The summed E-state index contributed by atoms with van der Waals surface area (Å²) in [6.45, 7) is 0. The number of anilines is 1. The molecular weight excluding hydrogens is 432 g/mol. The number of benzene rings is 2. The zero-order valence-corrected chi connectivity index (χ0v) is 19.7. The number of rotatable bonds is 8. The van der Waals surface area contributed by atoms with Crippen LogP contribution in [0, 0.1) is 0 Å². The Kier molecular flexibility index (Phi) is 7.63. The number of hydrogen-bond acceptors (Lipinski definition) is 6. The van der Waals surface area contributed by atoms with Crippen LogP contribution in [0.1, 0.15) is 42.5 Å². The van der Waals surface area contributed by atoms with E-state index < -0.39 is 10.0 Å². The Hall–Kier alpha value is -2.78. The second-order valence-corrected chi connectivity index (χ2v) is 9.70. The largest absolute Gasteiger partial charge is 0.493 e. The van der Waals surface area contributed by atoms with Crippen molar-refractivity contribution in [1.29, 1.82) is 0 Å². The summed E-state index contributed by atoms with van der Waals surface area (Å²) in [6.07, 6.45) is 5.01. The van der Waals surface area contributed by atoms with Gasteiger partial charge in [-0.25, -0.2) is 8.42 Å². The Balaban J connectivity index is 1.77. The van der Waals surface area contributed by atoms with Crippen LogP contribution in [0.2, 0.25) is 0 Å². The van der Waals surface area contributed by atoms with Gasteiger partial charge in [0.25, 0.3) is 5.91 Å². The van der Waals surface area contributed by atoms with Crippen LogP contribution < -0.4 is 19.5 Å². The number of nitrogens with one attached hydrogen (secondary N) is 1. The lowest BCUT2D eigenvalue weighted by atomic mass is 9.96. The molecule has 0 unspecified atom stereocenters. The molecule has 3 rings (SSSR count). The first-order chi connectivity index (χ1) is 15.3. The fraction of sp³-hybridized carbons (Fsp3) is 0.435. The van der Waals surface area contributed by atoms with Crippen molar-refractivity contribution in [3.05, 3.63) is 42.0 Å². The van der Waals surface area contributed by atoms with E-state index in [1.54, 1.807) is 19.2 Å². The fourth-order valence-corrected chi connectivity index (χ4v) is 5.36. The smallest absolute Gasteiger partial charge is 0.255 e. The van der Waals surface area contributed by atoms with E-state index in [2.05, 4.69) is 5.32 Å². The molecule has 1 aliphatic rings. The molecule has 0 aliphatic heterocycles. The van der Waals surface area contributed by atoms with Gasteiger partial charge in [0, 0.05) is 36.5 Å². The second kappa shape index (κ2) is 10.2. The van der Waals surface area contributed by atoms with Gasteiger partial charge in [-0.2, -0.15) is 4.31 Å². The van der Waals surface area contributed by atoms with Gasteiger partial charge in [0.2, 0.25) is 15.8 Å². The predicted octanol–water partition coefficient (Wildman–Crippen LogP) is 3.92.